The molecule has 0 saturated heterocycles. The SMILES string of the molecule is CCCCCCCCCCCC=CCCCC(C)O. The molecule has 0 fully saturated rings. The molecule has 0 amide bonds. The molecule has 0 aliphatic carbocycles. The summed E-state index contributed by atoms with van der Waals surface area (Å²) in [5, 5.41) is 9.12. The van der Waals surface area contributed by atoms with Crippen molar-refractivity contribution in [3.63, 3.8) is 0 Å². The number of hydrogen-bond acceptors (Lipinski definition) is 1. The highest BCUT2D eigenvalue weighted by Crippen LogP contribution is 2.11. The van der Waals surface area contributed by atoms with E-state index in [1.165, 1.54) is 64.2 Å². The molecule has 0 saturated carbocycles. The van der Waals surface area contributed by atoms with E-state index < -0.39 is 0 Å². The summed E-state index contributed by atoms with van der Waals surface area (Å²) in [6, 6.07) is 0. The molecule has 0 aromatic heterocycles. The van der Waals surface area contributed by atoms with Gasteiger partial charge in [-0.05, 0) is 39.0 Å². The average Bonchev–Trinajstić information content (AvgIpc) is 2.39. The Morgan fingerprint density at radius 1 is 0.737 bits per heavy atom. The molecule has 1 atom stereocenters. The highest BCUT2D eigenvalue weighted by molar-refractivity contribution is 4.81. The van der Waals surface area contributed by atoms with Gasteiger partial charge >= 0.3 is 0 Å². The van der Waals surface area contributed by atoms with Gasteiger partial charge in [0, 0.05) is 0 Å². The molecule has 0 radical (unpaired) electrons. The Morgan fingerprint density at radius 3 is 1.74 bits per heavy atom. The third-order valence-corrected chi connectivity index (χ3v) is 3.63. The maximum Gasteiger partial charge on any atom is 0.0512 e. The van der Waals surface area contributed by atoms with Crippen LogP contribution in [0.15, 0.2) is 12.2 Å². The van der Waals surface area contributed by atoms with E-state index in [-0.39, 0.29) is 6.10 Å². The number of aliphatic hydroxyl groups is 1. The molecule has 1 heteroatoms. The lowest BCUT2D eigenvalue weighted by Crippen LogP contribution is -1.97. The zero-order valence-electron chi connectivity index (χ0n) is 13.4. The number of aliphatic hydroxyl groups excluding tert-OH is 1. The van der Waals surface area contributed by atoms with Crippen LogP contribution in [0.25, 0.3) is 0 Å². The predicted octanol–water partition coefficient (Wildman–Crippen LogP) is 6.01. The fourth-order valence-corrected chi connectivity index (χ4v) is 2.34. The van der Waals surface area contributed by atoms with Crippen molar-refractivity contribution in [3.8, 4) is 0 Å². The molecular formula is C18H36O. The van der Waals surface area contributed by atoms with Gasteiger partial charge in [0.1, 0.15) is 0 Å². The van der Waals surface area contributed by atoms with E-state index >= 15 is 0 Å². The van der Waals surface area contributed by atoms with Crippen molar-refractivity contribution in [3.05, 3.63) is 12.2 Å². The molecular weight excluding hydrogens is 232 g/mol. The first-order valence-electron chi connectivity index (χ1n) is 8.60. The highest BCUT2D eigenvalue weighted by Gasteiger charge is 1.93. The van der Waals surface area contributed by atoms with Gasteiger partial charge in [-0.2, -0.15) is 0 Å². The van der Waals surface area contributed by atoms with Crippen molar-refractivity contribution in [2.75, 3.05) is 0 Å². The maximum atomic E-state index is 9.12. The van der Waals surface area contributed by atoms with E-state index in [1.807, 2.05) is 6.92 Å². The average molecular weight is 268 g/mol. The molecule has 1 unspecified atom stereocenters. The summed E-state index contributed by atoms with van der Waals surface area (Å²) < 4.78 is 0. The highest BCUT2D eigenvalue weighted by atomic mass is 16.3. The van der Waals surface area contributed by atoms with Gasteiger partial charge in [0.05, 0.1) is 6.10 Å². The van der Waals surface area contributed by atoms with E-state index in [2.05, 4.69) is 19.1 Å². The number of unbranched alkanes of at least 4 members (excludes halogenated alkanes) is 10. The first kappa shape index (κ1) is 18.7. The molecule has 0 heterocycles. The second-order valence-corrected chi connectivity index (χ2v) is 5.87. The lowest BCUT2D eigenvalue weighted by atomic mass is 10.1. The summed E-state index contributed by atoms with van der Waals surface area (Å²) >= 11 is 0. The van der Waals surface area contributed by atoms with Crippen LogP contribution in [0.2, 0.25) is 0 Å². The third kappa shape index (κ3) is 17.7. The molecule has 114 valence electrons. The number of rotatable bonds is 14. The minimum atomic E-state index is -0.134. The van der Waals surface area contributed by atoms with Gasteiger partial charge in [-0.25, -0.2) is 0 Å². The van der Waals surface area contributed by atoms with Crippen LogP contribution in [-0.2, 0) is 0 Å². The van der Waals surface area contributed by atoms with Gasteiger partial charge in [0.2, 0.25) is 0 Å². The molecule has 0 aromatic rings. The second-order valence-electron chi connectivity index (χ2n) is 5.87. The summed E-state index contributed by atoms with van der Waals surface area (Å²) in [4.78, 5) is 0. The van der Waals surface area contributed by atoms with Gasteiger partial charge in [0.25, 0.3) is 0 Å². The molecule has 1 nitrogen and oxygen atoms in total. The van der Waals surface area contributed by atoms with Crippen LogP contribution in [0.1, 0.15) is 97.3 Å². The molecule has 0 spiro atoms. The minimum Gasteiger partial charge on any atom is -0.393 e. The fraction of sp³-hybridized carbons (Fsp3) is 0.889. The van der Waals surface area contributed by atoms with Crippen molar-refractivity contribution in [2.24, 2.45) is 0 Å². The van der Waals surface area contributed by atoms with Crippen LogP contribution in [0.3, 0.4) is 0 Å². The summed E-state index contributed by atoms with van der Waals surface area (Å²) in [6.07, 6.45) is 21.6. The Morgan fingerprint density at radius 2 is 1.21 bits per heavy atom. The molecule has 0 rings (SSSR count). The molecule has 0 bridgehead atoms. The lowest BCUT2D eigenvalue weighted by molar-refractivity contribution is 0.182. The van der Waals surface area contributed by atoms with Crippen LogP contribution >= 0.6 is 0 Å². The molecule has 1 N–H and O–H groups in total. The van der Waals surface area contributed by atoms with Crippen LogP contribution < -0.4 is 0 Å². The smallest absolute Gasteiger partial charge is 0.0512 e. The topological polar surface area (TPSA) is 20.2 Å². The summed E-state index contributed by atoms with van der Waals surface area (Å²) in [5.74, 6) is 0. The standard InChI is InChI=1S/C18H36O/c1-3-4-5-6-7-8-9-10-11-12-13-14-15-16-17-18(2)19/h13-14,18-19H,3-12,15-17H2,1-2H3. The first-order valence-corrected chi connectivity index (χ1v) is 8.60. The van der Waals surface area contributed by atoms with Crippen LogP contribution in [0.4, 0.5) is 0 Å². The summed E-state index contributed by atoms with van der Waals surface area (Å²) in [7, 11) is 0. The summed E-state index contributed by atoms with van der Waals surface area (Å²) in [5.41, 5.74) is 0. The monoisotopic (exact) mass is 268 g/mol. The predicted molar refractivity (Wildman–Crippen MR) is 86.5 cm³/mol. The maximum absolute atomic E-state index is 9.12. The van der Waals surface area contributed by atoms with E-state index in [0.717, 1.165) is 19.3 Å². The largest absolute Gasteiger partial charge is 0.393 e. The normalized spacial score (nSPS) is 13.2. The quantitative estimate of drug-likeness (QED) is 0.302. The Labute approximate surface area is 121 Å². The van der Waals surface area contributed by atoms with Crippen LogP contribution in [0.5, 0.6) is 0 Å². The van der Waals surface area contributed by atoms with Crippen molar-refractivity contribution < 1.29 is 5.11 Å². The Balaban J connectivity index is 3.03. The zero-order valence-corrected chi connectivity index (χ0v) is 13.4. The lowest BCUT2D eigenvalue weighted by Gasteiger charge is -2.01. The van der Waals surface area contributed by atoms with Gasteiger partial charge in [-0.15, -0.1) is 0 Å². The van der Waals surface area contributed by atoms with Gasteiger partial charge in [0.15, 0.2) is 0 Å². The van der Waals surface area contributed by atoms with Crippen molar-refractivity contribution in [1.82, 2.24) is 0 Å². The van der Waals surface area contributed by atoms with Crippen LogP contribution in [0, 0.1) is 0 Å². The minimum absolute atomic E-state index is 0.134. The number of allylic oxidation sites excluding steroid dienone is 2. The Hall–Kier alpha value is -0.300. The first-order chi connectivity index (χ1) is 9.27. The second kappa shape index (κ2) is 15.8. The molecule has 0 aromatic carbocycles. The van der Waals surface area contributed by atoms with Crippen molar-refractivity contribution >= 4 is 0 Å². The molecule has 0 aliphatic rings. The summed E-state index contributed by atoms with van der Waals surface area (Å²) in [6.45, 7) is 4.14. The Bertz CT molecular complexity index is 184. The van der Waals surface area contributed by atoms with Crippen molar-refractivity contribution in [2.45, 2.75) is 103 Å². The van der Waals surface area contributed by atoms with E-state index in [1.54, 1.807) is 0 Å². The van der Waals surface area contributed by atoms with E-state index in [4.69, 9.17) is 5.11 Å². The van der Waals surface area contributed by atoms with Crippen LogP contribution in [-0.4, -0.2) is 11.2 Å². The third-order valence-electron chi connectivity index (χ3n) is 3.63. The Kier molecular flexibility index (Phi) is 15.5. The molecule has 19 heavy (non-hydrogen) atoms. The molecule has 0 aliphatic heterocycles. The van der Waals surface area contributed by atoms with E-state index in [9.17, 15) is 0 Å². The fourth-order valence-electron chi connectivity index (χ4n) is 2.34. The van der Waals surface area contributed by atoms with Gasteiger partial charge in [-0.1, -0.05) is 70.4 Å². The van der Waals surface area contributed by atoms with Crippen molar-refractivity contribution in [1.29, 1.82) is 0 Å². The number of hydrogen-bond donors (Lipinski definition) is 1. The van der Waals surface area contributed by atoms with Gasteiger partial charge in [-0.3, -0.25) is 0 Å². The van der Waals surface area contributed by atoms with Gasteiger partial charge < -0.3 is 5.11 Å². The van der Waals surface area contributed by atoms with E-state index in [0.29, 0.717) is 0 Å². The zero-order chi connectivity index (χ0) is 14.2.